The Morgan fingerprint density at radius 1 is 1.23 bits per heavy atom. The molecule has 0 bridgehead atoms. The number of aromatic nitrogens is 2. The van der Waals surface area contributed by atoms with Crippen molar-refractivity contribution in [3.05, 3.63) is 72.9 Å². The van der Waals surface area contributed by atoms with Crippen LogP contribution in [0.4, 0.5) is 5.69 Å². The third kappa shape index (κ3) is 3.96. The summed E-state index contributed by atoms with van der Waals surface area (Å²) in [7, 11) is 1.87. The molecule has 7 nitrogen and oxygen atoms in total. The minimum atomic E-state index is -1.06. The van der Waals surface area contributed by atoms with E-state index in [4.69, 9.17) is 4.74 Å². The smallest absolute Gasteiger partial charge is 0.251 e. The summed E-state index contributed by atoms with van der Waals surface area (Å²) in [5.41, 5.74) is 1.52. The van der Waals surface area contributed by atoms with Gasteiger partial charge in [-0.1, -0.05) is 36.9 Å². The predicted molar refractivity (Wildman–Crippen MR) is 119 cm³/mol. The summed E-state index contributed by atoms with van der Waals surface area (Å²) in [6.07, 6.45) is 3.81. The zero-order chi connectivity index (χ0) is 21.8. The Morgan fingerprint density at radius 2 is 1.97 bits per heavy atom. The second kappa shape index (κ2) is 8.73. The molecule has 1 aliphatic heterocycles. The molecule has 3 aromatic rings. The minimum Gasteiger partial charge on any atom is -0.381 e. The second-order valence-corrected chi connectivity index (χ2v) is 7.70. The lowest BCUT2D eigenvalue weighted by molar-refractivity contribution is -0.133. The number of hydrogen-bond acceptors (Lipinski definition) is 4. The molecule has 0 saturated carbocycles. The topological polar surface area (TPSA) is 76.5 Å². The van der Waals surface area contributed by atoms with Crippen LogP contribution in [-0.2, 0) is 27.9 Å². The molecule has 2 amide bonds. The van der Waals surface area contributed by atoms with E-state index in [0.29, 0.717) is 38.3 Å². The van der Waals surface area contributed by atoms with Crippen LogP contribution >= 0.6 is 0 Å². The van der Waals surface area contributed by atoms with Gasteiger partial charge < -0.3 is 10.1 Å². The van der Waals surface area contributed by atoms with Gasteiger partial charge in [0.05, 0.1) is 11.7 Å². The van der Waals surface area contributed by atoms with Gasteiger partial charge in [0, 0.05) is 50.7 Å². The molecule has 0 radical (unpaired) electrons. The number of ether oxygens (including phenoxy) is 1. The quantitative estimate of drug-likeness (QED) is 0.625. The van der Waals surface area contributed by atoms with Crippen LogP contribution in [0, 0.1) is 0 Å². The van der Waals surface area contributed by atoms with Crippen LogP contribution < -0.4 is 10.2 Å². The molecule has 1 fully saturated rings. The Hall–Kier alpha value is -3.45. The first-order valence-electron chi connectivity index (χ1n) is 10.3. The first kappa shape index (κ1) is 20.8. The third-order valence-corrected chi connectivity index (χ3v) is 5.85. The lowest BCUT2D eigenvalue weighted by Gasteiger charge is -2.44. The Morgan fingerprint density at radius 3 is 2.68 bits per heavy atom. The van der Waals surface area contributed by atoms with Crippen LogP contribution in [-0.4, -0.2) is 40.3 Å². The summed E-state index contributed by atoms with van der Waals surface area (Å²) >= 11 is 0. The van der Waals surface area contributed by atoms with Crippen molar-refractivity contribution in [1.82, 2.24) is 15.1 Å². The van der Waals surface area contributed by atoms with Crippen molar-refractivity contribution >= 4 is 28.4 Å². The average Bonchev–Trinajstić information content (AvgIpc) is 3.18. The van der Waals surface area contributed by atoms with Crippen LogP contribution in [0.5, 0.6) is 0 Å². The highest BCUT2D eigenvalue weighted by atomic mass is 16.5. The van der Waals surface area contributed by atoms with E-state index < -0.39 is 5.54 Å². The molecule has 0 spiro atoms. The van der Waals surface area contributed by atoms with Gasteiger partial charge in [0.2, 0.25) is 5.91 Å². The van der Waals surface area contributed by atoms with Crippen LogP contribution in [0.3, 0.4) is 0 Å². The number of anilines is 1. The van der Waals surface area contributed by atoms with E-state index in [1.807, 2.05) is 55.6 Å². The molecule has 31 heavy (non-hydrogen) atoms. The van der Waals surface area contributed by atoms with Gasteiger partial charge in [-0.05, 0) is 29.8 Å². The maximum Gasteiger partial charge on any atom is 0.251 e. The SMILES string of the molecule is C=CC(=O)N(c1ccc2c(cnn2C)c1)C1(C(=O)NCc2ccccc2)CCOCC1. The Bertz CT molecular complexity index is 1100. The molecule has 2 aromatic carbocycles. The van der Waals surface area contributed by atoms with Gasteiger partial charge in [-0.25, -0.2) is 0 Å². The van der Waals surface area contributed by atoms with Crippen molar-refractivity contribution in [2.45, 2.75) is 24.9 Å². The molecule has 0 atom stereocenters. The number of benzene rings is 2. The van der Waals surface area contributed by atoms with Gasteiger partial charge >= 0.3 is 0 Å². The van der Waals surface area contributed by atoms with Crippen LogP contribution in [0.1, 0.15) is 18.4 Å². The van der Waals surface area contributed by atoms with Crippen molar-refractivity contribution in [3.8, 4) is 0 Å². The molecular formula is C24H26N4O3. The highest BCUT2D eigenvalue weighted by Crippen LogP contribution is 2.35. The fourth-order valence-corrected chi connectivity index (χ4v) is 4.17. The predicted octanol–water partition coefficient (Wildman–Crippen LogP) is 2.96. The first-order valence-corrected chi connectivity index (χ1v) is 10.3. The van der Waals surface area contributed by atoms with Gasteiger partial charge in [-0.2, -0.15) is 5.10 Å². The zero-order valence-corrected chi connectivity index (χ0v) is 17.6. The molecule has 160 valence electrons. The molecule has 0 unspecified atom stereocenters. The molecule has 7 heteroatoms. The third-order valence-electron chi connectivity index (χ3n) is 5.85. The van der Waals surface area contributed by atoms with Gasteiger partial charge in [0.25, 0.3) is 5.91 Å². The summed E-state index contributed by atoms with van der Waals surface area (Å²) in [5, 5.41) is 8.22. The van der Waals surface area contributed by atoms with Gasteiger partial charge in [-0.15, -0.1) is 0 Å². The average molecular weight is 418 g/mol. The van der Waals surface area contributed by atoms with E-state index in [0.717, 1.165) is 16.5 Å². The number of amides is 2. The largest absolute Gasteiger partial charge is 0.381 e. The van der Waals surface area contributed by atoms with Crippen molar-refractivity contribution in [3.63, 3.8) is 0 Å². The molecule has 4 rings (SSSR count). The summed E-state index contributed by atoms with van der Waals surface area (Å²) in [6, 6.07) is 15.4. The maximum atomic E-state index is 13.6. The van der Waals surface area contributed by atoms with E-state index in [2.05, 4.69) is 17.0 Å². The number of carbonyl (C=O) groups excluding carboxylic acids is 2. The van der Waals surface area contributed by atoms with Gasteiger partial charge in [0.1, 0.15) is 5.54 Å². The lowest BCUT2D eigenvalue weighted by Crippen LogP contribution is -2.63. The van der Waals surface area contributed by atoms with Gasteiger partial charge in [0.15, 0.2) is 0 Å². The van der Waals surface area contributed by atoms with Crippen LogP contribution in [0.25, 0.3) is 10.9 Å². The number of rotatable bonds is 6. The van der Waals surface area contributed by atoms with Crippen LogP contribution in [0.15, 0.2) is 67.4 Å². The van der Waals surface area contributed by atoms with Crippen molar-refractivity contribution in [1.29, 1.82) is 0 Å². The fraction of sp³-hybridized carbons (Fsp3) is 0.292. The molecule has 1 saturated heterocycles. The number of nitrogens with zero attached hydrogens (tertiary/aromatic N) is 3. The molecule has 2 heterocycles. The number of nitrogens with one attached hydrogen (secondary N) is 1. The standard InChI is InChI=1S/C24H26N4O3/c1-3-22(29)28(20-9-10-21-19(15-20)17-26-27(21)2)24(11-13-31-14-12-24)23(30)25-16-18-7-5-4-6-8-18/h3-10,15,17H,1,11-14,16H2,2H3,(H,25,30). The van der Waals surface area contributed by atoms with E-state index in [9.17, 15) is 9.59 Å². The van der Waals surface area contributed by atoms with E-state index >= 15 is 0 Å². The molecular weight excluding hydrogens is 392 g/mol. The summed E-state index contributed by atoms with van der Waals surface area (Å²) in [5.74, 6) is -0.513. The van der Waals surface area contributed by atoms with Crippen molar-refractivity contribution in [2.24, 2.45) is 7.05 Å². The van der Waals surface area contributed by atoms with Crippen molar-refractivity contribution in [2.75, 3.05) is 18.1 Å². The number of aryl methyl sites for hydroxylation is 1. The number of carbonyl (C=O) groups is 2. The highest BCUT2D eigenvalue weighted by Gasteiger charge is 2.47. The minimum absolute atomic E-state index is 0.193. The fourth-order valence-electron chi connectivity index (χ4n) is 4.17. The summed E-state index contributed by atoms with van der Waals surface area (Å²) in [6.45, 7) is 4.87. The molecule has 0 aliphatic carbocycles. The Labute approximate surface area is 181 Å². The normalized spacial score (nSPS) is 15.4. The van der Waals surface area contributed by atoms with Crippen molar-refractivity contribution < 1.29 is 14.3 Å². The Kier molecular flexibility index (Phi) is 5.86. The molecule has 1 N–H and O–H groups in total. The first-order chi connectivity index (χ1) is 15.0. The number of hydrogen-bond donors (Lipinski definition) is 1. The molecule has 1 aliphatic rings. The lowest BCUT2D eigenvalue weighted by atomic mass is 9.85. The maximum absolute atomic E-state index is 13.6. The molecule has 1 aromatic heterocycles. The van der Waals surface area contributed by atoms with E-state index in [1.54, 1.807) is 15.8 Å². The van der Waals surface area contributed by atoms with Crippen LogP contribution in [0.2, 0.25) is 0 Å². The second-order valence-electron chi connectivity index (χ2n) is 7.70. The highest BCUT2D eigenvalue weighted by molar-refractivity contribution is 6.09. The Balaban J connectivity index is 1.72. The van der Waals surface area contributed by atoms with Gasteiger partial charge in [-0.3, -0.25) is 19.2 Å². The zero-order valence-electron chi connectivity index (χ0n) is 17.6. The van der Waals surface area contributed by atoms with E-state index in [1.165, 1.54) is 6.08 Å². The van der Waals surface area contributed by atoms with E-state index in [-0.39, 0.29) is 11.8 Å². The summed E-state index contributed by atoms with van der Waals surface area (Å²) in [4.78, 5) is 28.3. The monoisotopic (exact) mass is 418 g/mol. The summed E-state index contributed by atoms with van der Waals surface area (Å²) < 4.78 is 7.33. The number of fused-ring (bicyclic) bond motifs is 1.